The van der Waals surface area contributed by atoms with Gasteiger partial charge in [-0.2, -0.15) is 8.42 Å². The first-order valence-corrected chi connectivity index (χ1v) is 11.2. The van der Waals surface area contributed by atoms with Crippen molar-refractivity contribution in [2.24, 2.45) is 5.41 Å². The maximum Gasteiger partial charge on any atom is 0.296 e. The Kier molecular flexibility index (Phi) is 5.11. The summed E-state index contributed by atoms with van der Waals surface area (Å²) in [5, 5.41) is 1.03. The molecule has 0 radical (unpaired) electrons. The van der Waals surface area contributed by atoms with E-state index in [1.807, 2.05) is 52.0 Å². The molecule has 0 saturated heterocycles. The van der Waals surface area contributed by atoms with Gasteiger partial charge < -0.3 is 4.57 Å². The lowest BCUT2D eigenvalue weighted by Gasteiger charge is -2.26. The van der Waals surface area contributed by atoms with E-state index in [9.17, 15) is 8.42 Å². The number of hydrogen-bond donors (Lipinski definition) is 0. The van der Waals surface area contributed by atoms with Gasteiger partial charge in [0.25, 0.3) is 10.1 Å². The zero-order chi connectivity index (χ0) is 21.5. The lowest BCUT2D eigenvalue weighted by molar-refractivity contribution is 0.165. The highest BCUT2D eigenvalue weighted by atomic mass is 32.2. The SMILES string of the molecule is Cc1ccc(S(=O)(=O)OCC(C)(C)Cn2c(C)nc3cnc4ccccc4c32)cc1. The Labute approximate surface area is 176 Å². The molecule has 0 unspecified atom stereocenters. The van der Waals surface area contributed by atoms with Crippen LogP contribution in [0, 0.1) is 19.3 Å². The van der Waals surface area contributed by atoms with E-state index in [0.717, 1.165) is 33.3 Å². The van der Waals surface area contributed by atoms with E-state index in [-0.39, 0.29) is 11.5 Å². The lowest BCUT2D eigenvalue weighted by atomic mass is 9.94. The third-order valence-corrected chi connectivity index (χ3v) is 6.45. The van der Waals surface area contributed by atoms with E-state index in [1.165, 1.54) is 0 Å². The molecule has 2 heterocycles. The quantitative estimate of drug-likeness (QED) is 0.423. The summed E-state index contributed by atoms with van der Waals surface area (Å²) in [7, 11) is -3.81. The molecule has 0 amide bonds. The zero-order valence-electron chi connectivity index (χ0n) is 17.6. The van der Waals surface area contributed by atoms with Crippen molar-refractivity contribution in [3.8, 4) is 0 Å². The van der Waals surface area contributed by atoms with Crippen molar-refractivity contribution < 1.29 is 12.6 Å². The number of rotatable bonds is 6. The summed E-state index contributed by atoms with van der Waals surface area (Å²) in [4.78, 5) is 9.31. The molecule has 4 aromatic rings. The van der Waals surface area contributed by atoms with Gasteiger partial charge >= 0.3 is 0 Å². The van der Waals surface area contributed by atoms with E-state index in [1.54, 1.807) is 30.5 Å². The average molecular weight is 424 g/mol. The molecule has 0 aliphatic rings. The Morgan fingerprint density at radius 1 is 1.00 bits per heavy atom. The minimum atomic E-state index is -3.81. The van der Waals surface area contributed by atoms with Crippen LogP contribution >= 0.6 is 0 Å². The third kappa shape index (κ3) is 3.95. The second kappa shape index (κ2) is 7.49. The Bertz CT molecular complexity index is 1320. The Morgan fingerprint density at radius 3 is 2.43 bits per heavy atom. The van der Waals surface area contributed by atoms with Gasteiger partial charge in [0, 0.05) is 17.3 Å². The molecule has 0 bridgehead atoms. The van der Waals surface area contributed by atoms with Crippen molar-refractivity contribution in [3.63, 3.8) is 0 Å². The van der Waals surface area contributed by atoms with E-state index >= 15 is 0 Å². The van der Waals surface area contributed by atoms with Crippen LogP contribution in [0.25, 0.3) is 21.9 Å². The molecule has 0 fully saturated rings. The molecule has 30 heavy (non-hydrogen) atoms. The summed E-state index contributed by atoms with van der Waals surface area (Å²) in [5.74, 6) is 0.859. The molecule has 0 saturated carbocycles. The van der Waals surface area contributed by atoms with Crippen LogP contribution in [0.4, 0.5) is 0 Å². The van der Waals surface area contributed by atoms with E-state index in [4.69, 9.17) is 4.18 Å². The van der Waals surface area contributed by atoms with Gasteiger partial charge in [0.05, 0.1) is 28.7 Å². The molecule has 6 nitrogen and oxygen atoms in total. The van der Waals surface area contributed by atoms with Crippen molar-refractivity contribution >= 4 is 32.1 Å². The van der Waals surface area contributed by atoms with E-state index in [2.05, 4.69) is 14.5 Å². The van der Waals surface area contributed by atoms with Gasteiger partial charge in [-0.3, -0.25) is 9.17 Å². The highest BCUT2D eigenvalue weighted by Gasteiger charge is 2.26. The lowest BCUT2D eigenvalue weighted by Crippen LogP contribution is -2.27. The normalized spacial score (nSPS) is 12.7. The molecule has 0 atom stereocenters. The Balaban J connectivity index is 1.62. The molecule has 0 aliphatic carbocycles. The van der Waals surface area contributed by atoms with Crippen molar-refractivity contribution in [3.05, 3.63) is 66.1 Å². The summed E-state index contributed by atoms with van der Waals surface area (Å²) < 4.78 is 32.8. The number of aromatic nitrogens is 3. The Hall–Kier alpha value is -2.77. The first kappa shape index (κ1) is 20.5. The number of aryl methyl sites for hydroxylation is 2. The molecular weight excluding hydrogens is 398 g/mol. The summed E-state index contributed by atoms with van der Waals surface area (Å²) in [6.07, 6.45) is 1.78. The van der Waals surface area contributed by atoms with Crippen LogP contribution in [0.2, 0.25) is 0 Å². The maximum absolute atomic E-state index is 12.6. The van der Waals surface area contributed by atoms with Crippen LogP contribution in [0.1, 0.15) is 25.2 Å². The number of pyridine rings is 1. The molecule has 4 rings (SSSR count). The monoisotopic (exact) mass is 423 g/mol. The zero-order valence-corrected chi connectivity index (χ0v) is 18.4. The first-order chi connectivity index (χ1) is 14.2. The van der Waals surface area contributed by atoms with Gasteiger partial charge in [0.15, 0.2) is 0 Å². The van der Waals surface area contributed by atoms with E-state index < -0.39 is 15.5 Å². The molecule has 2 aromatic heterocycles. The summed E-state index contributed by atoms with van der Waals surface area (Å²) in [5.41, 5.74) is 3.30. The second-order valence-corrected chi connectivity index (χ2v) is 10.1. The standard InChI is InChI=1S/C23H25N3O3S/c1-16-9-11-18(12-10-16)30(27,28)29-15-23(3,4)14-26-17(2)25-21-13-24-20-8-6-5-7-19(20)22(21)26/h5-13H,14-15H2,1-4H3. The summed E-state index contributed by atoms with van der Waals surface area (Å²) in [6, 6.07) is 14.6. The van der Waals surface area contributed by atoms with Crippen molar-refractivity contribution in [1.82, 2.24) is 14.5 Å². The predicted octanol–water partition coefficient (Wildman–Crippen LogP) is 4.63. The van der Waals surface area contributed by atoms with Crippen molar-refractivity contribution in [2.75, 3.05) is 6.61 Å². The molecular formula is C23H25N3O3S. The molecule has 2 aromatic carbocycles. The second-order valence-electron chi connectivity index (χ2n) is 8.45. The van der Waals surface area contributed by atoms with Gasteiger partial charge in [-0.25, -0.2) is 4.98 Å². The number of nitrogens with zero attached hydrogens (tertiary/aromatic N) is 3. The van der Waals surface area contributed by atoms with Gasteiger partial charge in [0.1, 0.15) is 11.3 Å². The first-order valence-electron chi connectivity index (χ1n) is 9.83. The fourth-order valence-corrected chi connectivity index (χ4v) is 4.64. The highest BCUT2D eigenvalue weighted by molar-refractivity contribution is 7.86. The highest BCUT2D eigenvalue weighted by Crippen LogP contribution is 2.29. The largest absolute Gasteiger partial charge is 0.327 e. The van der Waals surface area contributed by atoms with Crippen molar-refractivity contribution in [1.29, 1.82) is 0 Å². The van der Waals surface area contributed by atoms with Gasteiger partial charge in [0.2, 0.25) is 0 Å². The van der Waals surface area contributed by atoms with Crippen LogP contribution in [0.5, 0.6) is 0 Å². The van der Waals surface area contributed by atoms with Crippen LogP contribution in [0.3, 0.4) is 0 Å². The van der Waals surface area contributed by atoms with Crippen LogP contribution in [-0.4, -0.2) is 29.6 Å². The third-order valence-electron chi connectivity index (χ3n) is 5.17. The van der Waals surface area contributed by atoms with Gasteiger partial charge in [-0.1, -0.05) is 49.7 Å². The fraction of sp³-hybridized carbons (Fsp3) is 0.304. The number of fused-ring (bicyclic) bond motifs is 3. The molecule has 7 heteroatoms. The van der Waals surface area contributed by atoms with Crippen LogP contribution in [0.15, 0.2) is 59.6 Å². The number of imidazole rings is 1. The summed E-state index contributed by atoms with van der Waals surface area (Å²) in [6.45, 7) is 8.48. The number of para-hydroxylation sites is 1. The average Bonchev–Trinajstić information content (AvgIpc) is 3.02. The van der Waals surface area contributed by atoms with E-state index in [0.29, 0.717) is 6.54 Å². The summed E-state index contributed by atoms with van der Waals surface area (Å²) >= 11 is 0. The smallest absolute Gasteiger partial charge is 0.296 e. The Morgan fingerprint density at radius 2 is 1.70 bits per heavy atom. The maximum atomic E-state index is 12.6. The van der Waals surface area contributed by atoms with Crippen molar-refractivity contribution in [2.45, 2.75) is 39.1 Å². The predicted molar refractivity (Wildman–Crippen MR) is 118 cm³/mol. The van der Waals surface area contributed by atoms with Gasteiger partial charge in [-0.05, 0) is 32.0 Å². The molecule has 0 aliphatic heterocycles. The molecule has 0 N–H and O–H groups in total. The van der Waals surface area contributed by atoms with Crippen LogP contribution in [-0.2, 0) is 20.8 Å². The number of benzene rings is 2. The topological polar surface area (TPSA) is 74.1 Å². The fourth-order valence-electron chi connectivity index (χ4n) is 3.56. The molecule has 0 spiro atoms. The number of hydrogen-bond acceptors (Lipinski definition) is 5. The minimum Gasteiger partial charge on any atom is -0.327 e. The van der Waals surface area contributed by atoms with Crippen LogP contribution < -0.4 is 0 Å². The minimum absolute atomic E-state index is 0.0609. The molecule has 156 valence electrons. The van der Waals surface area contributed by atoms with Gasteiger partial charge in [-0.15, -0.1) is 0 Å².